The van der Waals surface area contributed by atoms with Crippen LogP contribution in [-0.4, -0.2) is 22.6 Å². The van der Waals surface area contributed by atoms with E-state index >= 15 is 0 Å². The Morgan fingerprint density at radius 3 is 2.59 bits per heavy atom. The number of hydrogen-bond donors (Lipinski definition) is 2. The van der Waals surface area contributed by atoms with E-state index in [4.69, 9.17) is 27.8 Å². The van der Waals surface area contributed by atoms with Crippen LogP contribution in [0.4, 0.5) is 5.69 Å². The zero-order valence-electron chi connectivity index (χ0n) is 14.8. The highest BCUT2D eigenvalue weighted by atomic mass is 35.5. The Bertz CT molecular complexity index is 892. The van der Waals surface area contributed by atoms with Crippen LogP contribution in [0.2, 0.25) is 5.02 Å². The average molecular weight is 385 g/mol. The van der Waals surface area contributed by atoms with Crippen LogP contribution in [0, 0.1) is 0 Å². The Kier molecular flexibility index (Phi) is 4.61. The molecule has 7 nitrogen and oxygen atoms in total. The highest BCUT2D eigenvalue weighted by Crippen LogP contribution is 2.42. The standard InChI is InChI=1S/C19H21ClN6O/c20-15-11-13(27-14-5-4-10-23-12-14)6-7-16(15)26-18(22)24-17(21)25-19(26)8-2-1-3-9-19/h4-7,10-12H,1-3,8-9H2,(H4,21,22,24,25). The molecule has 27 heavy (non-hydrogen) atoms. The van der Waals surface area contributed by atoms with Crippen LogP contribution >= 0.6 is 11.6 Å². The molecule has 0 atom stereocenters. The average Bonchev–Trinajstić information content (AvgIpc) is 2.64. The summed E-state index contributed by atoms with van der Waals surface area (Å²) < 4.78 is 5.81. The van der Waals surface area contributed by atoms with Gasteiger partial charge in [-0.05, 0) is 49.9 Å². The summed E-state index contributed by atoms with van der Waals surface area (Å²) in [6, 6.07) is 9.13. The lowest BCUT2D eigenvalue weighted by Crippen LogP contribution is -2.58. The molecular weight excluding hydrogens is 364 g/mol. The molecule has 1 aromatic carbocycles. The molecule has 4 rings (SSSR count). The van der Waals surface area contributed by atoms with Crippen molar-refractivity contribution in [3.63, 3.8) is 0 Å². The number of aromatic nitrogens is 1. The van der Waals surface area contributed by atoms with E-state index in [-0.39, 0.29) is 5.96 Å². The molecule has 0 radical (unpaired) electrons. The smallest absolute Gasteiger partial charge is 0.220 e. The molecule has 8 heteroatoms. The van der Waals surface area contributed by atoms with Crippen LogP contribution in [0.15, 0.2) is 52.7 Å². The first-order chi connectivity index (χ1) is 13.1. The van der Waals surface area contributed by atoms with Gasteiger partial charge in [0, 0.05) is 12.3 Å². The van der Waals surface area contributed by atoms with Crippen LogP contribution in [0.25, 0.3) is 0 Å². The SMILES string of the molecule is NC1=NC2(CCCCC2)N(c2ccc(Oc3cccnc3)cc2Cl)C(N)=N1. The van der Waals surface area contributed by atoms with Crippen molar-refractivity contribution >= 4 is 29.2 Å². The molecule has 1 fully saturated rings. The fraction of sp³-hybridized carbons (Fsp3) is 0.316. The van der Waals surface area contributed by atoms with Crippen molar-refractivity contribution in [3.05, 3.63) is 47.7 Å². The number of ether oxygens (including phenoxy) is 1. The summed E-state index contributed by atoms with van der Waals surface area (Å²) in [6.45, 7) is 0. The minimum absolute atomic E-state index is 0.221. The van der Waals surface area contributed by atoms with Gasteiger partial charge in [-0.2, -0.15) is 4.99 Å². The lowest BCUT2D eigenvalue weighted by atomic mass is 9.87. The number of halogens is 1. The molecule has 0 amide bonds. The van der Waals surface area contributed by atoms with Gasteiger partial charge in [0.15, 0.2) is 0 Å². The number of hydrogen-bond acceptors (Lipinski definition) is 7. The minimum Gasteiger partial charge on any atom is -0.456 e. The van der Waals surface area contributed by atoms with E-state index in [1.54, 1.807) is 18.5 Å². The summed E-state index contributed by atoms with van der Waals surface area (Å²) in [5.41, 5.74) is 12.4. The van der Waals surface area contributed by atoms with Crippen molar-refractivity contribution in [1.29, 1.82) is 0 Å². The highest BCUT2D eigenvalue weighted by molar-refractivity contribution is 6.34. The lowest BCUT2D eigenvalue weighted by molar-refractivity contribution is 0.305. The van der Waals surface area contributed by atoms with Gasteiger partial charge in [-0.1, -0.05) is 18.0 Å². The number of benzene rings is 1. The van der Waals surface area contributed by atoms with E-state index in [9.17, 15) is 0 Å². The van der Waals surface area contributed by atoms with Gasteiger partial charge in [0.05, 0.1) is 16.9 Å². The van der Waals surface area contributed by atoms with Crippen LogP contribution in [0.3, 0.4) is 0 Å². The number of nitrogens with two attached hydrogens (primary N) is 2. The Hall–Kier alpha value is -2.80. The molecular formula is C19H21ClN6O. The van der Waals surface area contributed by atoms with Crippen LogP contribution in [0.1, 0.15) is 32.1 Å². The van der Waals surface area contributed by atoms with Crippen molar-refractivity contribution in [1.82, 2.24) is 4.98 Å². The van der Waals surface area contributed by atoms with Gasteiger partial charge in [-0.3, -0.25) is 9.88 Å². The van der Waals surface area contributed by atoms with Crippen molar-refractivity contribution in [2.24, 2.45) is 21.5 Å². The summed E-state index contributed by atoms with van der Waals surface area (Å²) in [4.78, 5) is 14.8. The first-order valence-electron chi connectivity index (χ1n) is 8.95. The maximum absolute atomic E-state index is 6.61. The first-order valence-corrected chi connectivity index (χ1v) is 9.32. The summed E-state index contributed by atoms with van der Waals surface area (Å²) in [5.74, 6) is 1.79. The molecule has 0 unspecified atom stereocenters. The second-order valence-corrected chi connectivity index (χ2v) is 7.13. The molecule has 0 bridgehead atoms. The maximum Gasteiger partial charge on any atom is 0.220 e. The predicted octanol–water partition coefficient (Wildman–Crippen LogP) is 3.64. The van der Waals surface area contributed by atoms with Crippen LogP contribution in [0.5, 0.6) is 11.5 Å². The fourth-order valence-corrected chi connectivity index (χ4v) is 4.00. The normalized spacial score (nSPS) is 18.8. The van der Waals surface area contributed by atoms with Crippen molar-refractivity contribution in [2.75, 3.05) is 4.90 Å². The van der Waals surface area contributed by atoms with Gasteiger partial charge in [-0.25, -0.2) is 4.99 Å². The number of anilines is 1. The quantitative estimate of drug-likeness (QED) is 0.841. The third-order valence-electron chi connectivity index (χ3n) is 4.88. The second kappa shape index (κ2) is 7.08. The van der Waals surface area contributed by atoms with Crippen molar-refractivity contribution in [2.45, 2.75) is 37.8 Å². The Labute approximate surface area is 162 Å². The van der Waals surface area contributed by atoms with Gasteiger partial charge in [0.2, 0.25) is 11.9 Å². The molecule has 140 valence electrons. The Balaban J connectivity index is 1.68. The lowest BCUT2D eigenvalue weighted by Gasteiger charge is -2.45. The first kappa shape index (κ1) is 17.6. The van der Waals surface area contributed by atoms with Crippen LogP contribution < -0.4 is 21.1 Å². The summed E-state index contributed by atoms with van der Waals surface area (Å²) in [6.07, 6.45) is 8.33. The maximum atomic E-state index is 6.61. The highest BCUT2D eigenvalue weighted by Gasteiger charge is 2.43. The number of aliphatic imine (C=N–C) groups is 2. The summed E-state index contributed by atoms with van der Waals surface area (Å²) >= 11 is 6.61. The van der Waals surface area contributed by atoms with Crippen molar-refractivity contribution < 1.29 is 4.74 Å². The summed E-state index contributed by atoms with van der Waals surface area (Å²) in [5, 5.41) is 0.509. The molecule has 2 aliphatic rings. The molecule has 0 saturated heterocycles. The van der Waals surface area contributed by atoms with E-state index in [0.717, 1.165) is 31.4 Å². The van der Waals surface area contributed by atoms with Gasteiger partial charge in [-0.15, -0.1) is 0 Å². The zero-order valence-corrected chi connectivity index (χ0v) is 15.6. The Morgan fingerprint density at radius 1 is 1.07 bits per heavy atom. The van der Waals surface area contributed by atoms with E-state index in [2.05, 4.69) is 15.0 Å². The molecule has 2 aromatic rings. The largest absolute Gasteiger partial charge is 0.456 e. The molecule has 1 aliphatic carbocycles. The van der Waals surface area contributed by atoms with E-state index in [1.807, 2.05) is 29.2 Å². The third-order valence-corrected chi connectivity index (χ3v) is 5.18. The third kappa shape index (κ3) is 3.42. The fourth-order valence-electron chi connectivity index (χ4n) is 3.75. The monoisotopic (exact) mass is 384 g/mol. The molecule has 2 heterocycles. The zero-order chi connectivity index (χ0) is 18.9. The van der Waals surface area contributed by atoms with E-state index < -0.39 is 5.66 Å². The Morgan fingerprint density at radius 2 is 1.89 bits per heavy atom. The van der Waals surface area contributed by atoms with Gasteiger partial charge in [0.25, 0.3) is 0 Å². The predicted molar refractivity (Wildman–Crippen MR) is 107 cm³/mol. The number of guanidine groups is 2. The molecule has 4 N–H and O–H groups in total. The van der Waals surface area contributed by atoms with Gasteiger partial charge >= 0.3 is 0 Å². The second-order valence-electron chi connectivity index (χ2n) is 6.72. The molecule has 1 aromatic heterocycles. The number of rotatable bonds is 3. The minimum atomic E-state index is -0.524. The van der Waals surface area contributed by atoms with E-state index in [1.165, 1.54) is 6.42 Å². The number of nitrogens with zero attached hydrogens (tertiary/aromatic N) is 4. The number of pyridine rings is 1. The summed E-state index contributed by atoms with van der Waals surface area (Å²) in [7, 11) is 0. The topological polar surface area (TPSA) is 102 Å². The van der Waals surface area contributed by atoms with Crippen LogP contribution in [-0.2, 0) is 0 Å². The van der Waals surface area contributed by atoms with Gasteiger partial charge < -0.3 is 16.2 Å². The van der Waals surface area contributed by atoms with Gasteiger partial charge in [0.1, 0.15) is 17.2 Å². The molecule has 1 aliphatic heterocycles. The molecule has 1 spiro atoms. The molecule has 1 saturated carbocycles. The van der Waals surface area contributed by atoms with Crippen molar-refractivity contribution in [3.8, 4) is 11.5 Å². The van der Waals surface area contributed by atoms with E-state index in [0.29, 0.717) is 22.5 Å².